The van der Waals surface area contributed by atoms with E-state index in [-0.39, 0.29) is 0 Å². The van der Waals surface area contributed by atoms with Gasteiger partial charge in [0.1, 0.15) is 12.4 Å². The number of ether oxygens (including phenoxy) is 1. The SMILES string of the molecule is Cc1cc(OCc2ncccn2)ccc1C#CCCCl. The first-order chi connectivity index (χ1) is 9.79. The van der Waals surface area contributed by atoms with Crippen molar-refractivity contribution in [3.8, 4) is 17.6 Å². The van der Waals surface area contributed by atoms with E-state index in [9.17, 15) is 0 Å². The van der Waals surface area contributed by atoms with Crippen molar-refractivity contribution in [2.45, 2.75) is 20.0 Å². The molecule has 0 N–H and O–H groups in total. The number of hydrogen-bond acceptors (Lipinski definition) is 3. The lowest BCUT2D eigenvalue weighted by molar-refractivity contribution is 0.295. The van der Waals surface area contributed by atoms with Crippen molar-refractivity contribution in [2.75, 3.05) is 5.88 Å². The van der Waals surface area contributed by atoms with Gasteiger partial charge in [-0.2, -0.15) is 0 Å². The fourth-order valence-electron chi connectivity index (χ4n) is 1.62. The summed E-state index contributed by atoms with van der Waals surface area (Å²) < 4.78 is 5.66. The lowest BCUT2D eigenvalue weighted by Gasteiger charge is -2.06. The van der Waals surface area contributed by atoms with Crippen molar-refractivity contribution in [1.82, 2.24) is 9.97 Å². The summed E-state index contributed by atoms with van der Waals surface area (Å²) in [6.07, 6.45) is 4.10. The average Bonchev–Trinajstić information content (AvgIpc) is 2.48. The predicted molar refractivity (Wildman–Crippen MR) is 79.8 cm³/mol. The summed E-state index contributed by atoms with van der Waals surface area (Å²) in [5.74, 6) is 8.14. The van der Waals surface area contributed by atoms with Crippen LogP contribution in [0.15, 0.2) is 36.7 Å². The molecule has 0 saturated carbocycles. The molecule has 0 amide bonds. The van der Waals surface area contributed by atoms with Gasteiger partial charge in [-0.1, -0.05) is 11.8 Å². The first kappa shape index (κ1) is 14.4. The standard InChI is InChI=1S/C16H15ClN2O/c1-13-11-15(7-6-14(13)5-2-3-8-17)20-12-16-18-9-4-10-19-16/h4,6-7,9-11H,3,8,12H2,1H3. The molecule has 1 aromatic carbocycles. The minimum atomic E-state index is 0.359. The molecule has 0 fully saturated rings. The van der Waals surface area contributed by atoms with Crippen LogP contribution in [0.3, 0.4) is 0 Å². The van der Waals surface area contributed by atoms with Gasteiger partial charge < -0.3 is 4.74 Å². The van der Waals surface area contributed by atoms with Gasteiger partial charge in [0.2, 0.25) is 0 Å². The van der Waals surface area contributed by atoms with E-state index < -0.39 is 0 Å². The van der Waals surface area contributed by atoms with E-state index in [2.05, 4.69) is 21.8 Å². The van der Waals surface area contributed by atoms with Gasteiger partial charge in [-0.05, 0) is 36.8 Å². The van der Waals surface area contributed by atoms with E-state index >= 15 is 0 Å². The first-order valence-electron chi connectivity index (χ1n) is 6.34. The quantitative estimate of drug-likeness (QED) is 0.639. The molecule has 0 saturated heterocycles. The molecule has 1 heterocycles. The predicted octanol–water partition coefficient (Wildman–Crippen LogP) is 3.34. The lowest BCUT2D eigenvalue weighted by Crippen LogP contribution is -2.00. The second-order valence-electron chi connectivity index (χ2n) is 4.17. The number of rotatable bonds is 4. The summed E-state index contributed by atoms with van der Waals surface area (Å²) in [5.41, 5.74) is 2.08. The zero-order valence-electron chi connectivity index (χ0n) is 11.3. The molecule has 0 aliphatic carbocycles. The summed E-state index contributed by atoms with van der Waals surface area (Å²) in [7, 11) is 0. The highest BCUT2D eigenvalue weighted by molar-refractivity contribution is 6.18. The summed E-state index contributed by atoms with van der Waals surface area (Å²) in [6, 6.07) is 7.61. The third-order valence-electron chi connectivity index (χ3n) is 2.63. The number of halogens is 1. The zero-order valence-corrected chi connectivity index (χ0v) is 12.0. The van der Waals surface area contributed by atoms with E-state index in [1.807, 2.05) is 25.1 Å². The molecular formula is C16H15ClN2O. The van der Waals surface area contributed by atoms with Gasteiger partial charge in [0, 0.05) is 30.3 Å². The Morgan fingerprint density at radius 2 is 2.05 bits per heavy atom. The molecule has 0 unspecified atom stereocenters. The molecule has 4 heteroatoms. The van der Waals surface area contributed by atoms with Crippen molar-refractivity contribution in [3.63, 3.8) is 0 Å². The molecule has 0 bridgehead atoms. The summed E-state index contributed by atoms with van der Waals surface area (Å²) in [6.45, 7) is 2.37. The van der Waals surface area contributed by atoms with Gasteiger partial charge in [0.15, 0.2) is 5.82 Å². The summed E-state index contributed by atoms with van der Waals surface area (Å²) in [4.78, 5) is 8.23. The highest BCUT2D eigenvalue weighted by atomic mass is 35.5. The van der Waals surface area contributed by atoms with E-state index in [1.165, 1.54) is 0 Å². The molecule has 2 aromatic rings. The Labute approximate surface area is 124 Å². The topological polar surface area (TPSA) is 35.0 Å². The van der Waals surface area contributed by atoms with E-state index in [1.54, 1.807) is 18.5 Å². The molecule has 2 rings (SSSR count). The van der Waals surface area contributed by atoms with E-state index in [4.69, 9.17) is 16.3 Å². The Morgan fingerprint density at radius 3 is 2.75 bits per heavy atom. The largest absolute Gasteiger partial charge is 0.486 e. The summed E-state index contributed by atoms with van der Waals surface area (Å²) in [5, 5.41) is 0. The van der Waals surface area contributed by atoms with E-state index in [0.29, 0.717) is 24.7 Å². The number of alkyl halides is 1. The monoisotopic (exact) mass is 286 g/mol. The lowest BCUT2D eigenvalue weighted by atomic mass is 10.1. The Morgan fingerprint density at radius 1 is 1.25 bits per heavy atom. The highest BCUT2D eigenvalue weighted by Crippen LogP contribution is 2.17. The van der Waals surface area contributed by atoms with Crippen LogP contribution in [-0.4, -0.2) is 15.8 Å². The summed E-state index contributed by atoms with van der Waals surface area (Å²) >= 11 is 5.60. The zero-order chi connectivity index (χ0) is 14.2. The fourth-order valence-corrected chi connectivity index (χ4v) is 1.72. The minimum Gasteiger partial charge on any atom is -0.486 e. The fraction of sp³-hybridized carbons (Fsp3) is 0.250. The van der Waals surface area contributed by atoms with Crippen LogP contribution in [-0.2, 0) is 6.61 Å². The van der Waals surface area contributed by atoms with Gasteiger partial charge in [0.05, 0.1) is 0 Å². The third kappa shape index (κ3) is 4.25. The van der Waals surface area contributed by atoms with Crippen LogP contribution in [0.4, 0.5) is 0 Å². The molecule has 0 aliphatic rings. The van der Waals surface area contributed by atoms with Crippen molar-refractivity contribution < 1.29 is 4.74 Å². The number of nitrogens with zero attached hydrogens (tertiary/aromatic N) is 2. The smallest absolute Gasteiger partial charge is 0.166 e. The van der Waals surface area contributed by atoms with Crippen LogP contribution in [0.1, 0.15) is 23.4 Å². The molecule has 0 atom stereocenters. The molecule has 0 spiro atoms. The van der Waals surface area contributed by atoms with Crippen LogP contribution >= 0.6 is 11.6 Å². The van der Waals surface area contributed by atoms with Crippen molar-refractivity contribution in [3.05, 3.63) is 53.6 Å². The Balaban J connectivity index is 2.01. The second kappa shape index (κ2) is 7.52. The van der Waals surface area contributed by atoms with Crippen LogP contribution in [0.25, 0.3) is 0 Å². The van der Waals surface area contributed by atoms with Crippen LogP contribution in [0.2, 0.25) is 0 Å². The van der Waals surface area contributed by atoms with Gasteiger partial charge >= 0.3 is 0 Å². The normalized spacial score (nSPS) is 9.70. The molecule has 102 valence electrons. The third-order valence-corrected chi connectivity index (χ3v) is 2.82. The molecular weight excluding hydrogens is 272 g/mol. The Kier molecular flexibility index (Phi) is 5.40. The molecule has 0 aliphatic heterocycles. The molecule has 3 nitrogen and oxygen atoms in total. The van der Waals surface area contributed by atoms with Crippen molar-refractivity contribution in [2.24, 2.45) is 0 Å². The minimum absolute atomic E-state index is 0.359. The van der Waals surface area contributed by atoms with Crippen LogP contribution in [0, 0.1) is 18.8 Å². The maximum absolute atomic E-state index is 5.66. The first-order valence-corrected chi connectivity index (χ1v) is 6.87. The maximum atomic E-state index is 5.66. The Hall–Kier alpha value is -2.05. The van der Waals surface area contributed by atoms with Crippen molar-refractivity contribution in [1.29, 1.82) is 0 Å². The highest BCUT2D eigenvalue weighted by Gasteiger charge is 2.00. The van der Waals surface area contributed by atoms with E-state index in [0.717, 1.165) is 16.9 Å². The molecule has 1 aromatic heterocycles. The van der Waals surface area contributed by atoms with Crippen LogP contribution in [0.5, 0.6) is 5.75 Å². The number of aryl methyl sites for hydroxylation is 1. The number of benzene rings is 1. The van der Waals surface area contributed by atoms with Crippen LogP contribution < -0.4 is 4.74 Å². The van der Waals surface area contributed by atoms with Gasteiger partial charge in [-0.3, -0.25) is 0 Å². The Bertz CT molecular complexity index is 617. The van der Waals surface area contributed by atoms with Crippen molar-refractivity contribution >= 4 is 11.6 Å². The number of hydrogen-bond donors (Lipinski definition) is 0. The number of aromatic nitrogens is 2. The van der Waals surface area contributed by atoms with Gasteiger partial charge in [-0.25, -0.2) is 9.97 Å². The van der Waals surface area contributed by atoms with Gasteiger partial charge in [-0.15, -0.1) is 11.6 Å². The second-order valence-corrected chi connectivity index (χ2v) is 4.55. The van der Waals surface area contributed by atoms with Gasteiger partial charge in [0.25, 0.3) is 0 Å². The maximum Gasteiger partial charge on any atom is 0.166 e. The molecule has 20 heavy (non-hydrogen) atoms. The molecule has 0 radical (unpaired) electrons. The average molecular weight is 287 g/mol.